The standard InChI is InChI=1S/C16H17ClF2N4O2S/c1-9-6-11(15(18)19)21-23(9)7-13(24)22-4-2-10(3-5-22)16-20-12(8-26-16)14(17)25/h6,8,10,15H,2-5,7H2,1H3. The second-order valence-corrected chi connectivity index (χ2v) is 7.40. The maximum Gasteiger partial charge on any atom is 0.282 e. The van der Waals surface area contributed by atoms with Crippen LogP contribution in [0, 0.1) is 6.92 Å². The van der Waals surface area contributed by atoms with Crippen molar-refractivity contribution in [3.8, 4) is 0 Å². The number of rotatable bonds is 5. The number of aromatic nitrogens is 3. The van der Waals surface area contributed by atoms with Gasteiger partial charge < -0.3 is 4.90 Å². The third-order valence-electron chi connectivity index (χ3n) is 4.43. The molecule has 140 valence electrons. The van der Waals surface area contributed by atoms with E-state index in [0.29, 0.717) is 18.8 Å². The molecule has 2 aromatic heterocycles. The zero-order valence-electron chi connectivity index (χ0n) is 14.0. The number of halogens is 3. The normalized spacial score (nSPS) is 15.7. The molecule has 0 atom stereocenters. The lowest BCUT2D eigenvalue weighted by Crippen LogP contribution is -2.40. The van der Waals surface area contributed by atoms with Gasteiger partial charge in [0.25, 0.3) is 11.7 Å². The molecule has 1 aliphatic heterocycles. The lowest BCUT2D eigenvalue weighted by atomic mass is 9.97. The number of piperidine rings is 1. The Labute approximate surface area is 157 Å². The minimum atomic E-state index is -2.65. The van der Waals surface area contributed by atoms with Crippen molar-refractivity contribution >= 4 is 34.1 Å². The Morgan fingerprint density at radius 2 is 2.08 bits per heavy atom. The topological polar surface area (TPSA) is 68.1 Å². The quantitative estimate of drug-likeness (QED) is 0.719. The van der Waals surface area contributed by atoms with Crippen LogP contribution in [-0.4, -0.2) is 43.9 Å². The summed E-state index contributed by atoms with van der Waals surface area (Å²) in [4.78, 5) is 29.5. The van der Waals surface area contributed by atoms with Crippen LogP contribution in [0.3, 0.4) is 0 Å². The summed E-state index contributed by atoms with van der Waals surface area (Å²) in [7, 11) is 0. The highest BCUT2D eigenvalue weighted by atomic mass is 35.5. The Hall–Kier alpha value is -1.87. The van der Waals surface area contributed by atoms with E-state index in [1.165, 1.54) is 22.1 Å². The van der Waals surface area contributed by atoms with Crippen LogP contribution < -0.4 is 0 Å². The Balaban J connectivity index is 1.57. The Morgan fingerprint density at radius 3 is 2.62 bits per heavy atom. The molecule has 1 aliphatic rings. The number of amides is 1. The predicted octanol–water partition coefficient (Wildman–Crippen LogP) is 3.37. The van der Waals surface area contributed by atoms with Gasteiger partial charge in [-0.2, -0.15) is 5.10 Å². The Bertz CT molecular complexity index is 815. The molecule has 3 heterocycles. The molecule has 3 rings (SSSR count). The lowest BCUT2D eigenvalue weighted by Gasteiger charge is -2.31. The number of thiazole rings is 1. The van der Waals surface area contributed by atoms with E-state index >= 15 is 0 Å². The molecule has 0 saturated carbocycles. The zero-order valence-corrected chi connectivity index (χ0v) is 15.6. The van der Waals surface area contributed by atoms with Gasteiger partial charge in [-0.3, -0.25) is 14.3 Å². The molecule has 0 aliphatic carbocycles. The van der Waals surface area contributed by atoms with E-state index in [4.69, 9.17) is 11.6 Å². The number of hydrogen-bond donors (Lipinski definition) is 0. The van der Waals surface area contributed by atoms with Crippen LogP contribution in [0.2, 0.25) is 0 Å². The number of aryl methyl sites for hydroxylation is 1. The molecule has 0 bridgehead atoms. The molecule has 1 saturated heterocycles. The van der Waals surface area contributed by atoms with E-state index in [2.05, 4.69) is 10.1 Å². The second-order valence-electron chi connectivity index (χ2n) is 6.17. The van der Waals surface area contributed by atoms with Crippen LogP contribution >= 0.6 is 22.9 Å². The molecule has 10 heteroatoms. The van der Waals surface area contributed by atoms with Crippen molar-refractivity contribution in [2.24, 2.45) is 0 Å². The van der Waals surface area contributed by atoms with Crippen molar-refractivity contribution < 1.29 is 18.4 Å². The molecular weight excluding hydrogens is 386 g/mol. The van der Waals surface area contributed by atoms with Crippen molar-refractivity contribution in [1.29, 1.82) is 0 Å². The molecule has 0 aromatic carbocycles. The summed E-state index contributed by atoms with van der Waals surface area (Å²) in [6.45, 7) is 2.70. The van der Waals surface area contributed by atoms with E-state index in [-0.39, 0.29) is 29.8 Å². The molecule has 2 aromatic rings. The molecule has 0 N–H and O–H groups in total. The number of hydrogen-bond acceptors (Lipinski definition) is 5. The first-order chi connectivity index (χ1) is 12.3. The third-order valence-corrected chi connectivity index (χ3v) is 5.63. The van der Waals surface area contributed by atoms with E-state index in [1.54, 1.807) is 17.2 Å². The highest BCUT2D eigenvalue weighted by molar-refractivity contribution is 7.10. The first kappa shape index (κ1) is 18.9. The first-order valence-corrected chi connectivity index (χ1v) is 9.36. The van der Waals surface area contributed by atoms with Crippen molar-refractivity contribution in [2.75, 3.05) is 13.1 Å². The number of carbonyl (C=O) groups is 2. The summed E-state index contributed by atoms with van der Waals surface area (Å²) in [6.07, 6.45) is -1.19. The van der Waals surface area contributed by atoms with Gasteiger partial charge in [-0.1, -0.05) is 0 Å². The summed E-state index contributed by atoms with van der Waals surface area (Å²) < 4.78 is 26.7. The first-order valence-electron chi connectivity index (χ1n) is 8.10. The molecule has 0 unspecified atom stereocenters. The third kappa shape index (κ3) is 4.09. The number of nitrogens with zero attached hydrogens (tertiary/aromatic N) is 4. The van der Waals surface area contributed by atoms with Crippen LogP contribution in [0.25, 0.3) is 0 Å². The number of alkyl halides is 2. The van der Waals surface area contributed by atoms with Gasteiger partial charge in [0.1, 0.15) is 17.9 Å². The Kier molecular flexibility index (Phi) is 5.67. The Morgan fingerprint density at radius 1 is 1.38 bits per heavy atom. The minimum Gasteiger partial charge on any atom is -0.341 e. The lowest BCUT2D eigenvalue weighted by molar-refractivity contribution is -0.133. The molecular formula is C16H17ClF2N4O2S. The molecule has 0 radical (unpaired) electrons. The van der Waals surface area contributed by atoms with E-state index in [0.717, 1.165) is 17.8 Å². The highest BCUT2D eigenvalue weighted by Crippen LogP contribution is 2.30. The largest absolute Gasteiger partial charge is 0.341 e. The SMILES string of the molecule is Cc1cc(C(F)F)nn1CC(=O)N1CCC(c2nc(C(=O)Cl)cs2)CC1. The summed E-state index contributed by atoms with van der Waals surface area (Å²) in [6, 6.07) is 1.29. The monoisotopic (exact) mass is 402 g/mol. The number of likely N-dealkylation sites (tertiary alicyclic amines) is 1. The van der Waals surface area contributed by atoms with E-state index in [1.807, 2.05) is 0 Å². The summed E-state index contributed by atoms with van der Waals surface area (Å²) >= 11 is 6.83. The van der Waals surface area contributed by atoms with Gasteiger partial charge in [0.2, 0.25) is 5.91 Å². The average Bonchev–Trinajstić information content (AvgIpc) is 3.23. The minimum absolute atomic E-state index is 0.0502. The van der Waals surface area contributed by atoms with Crippen LogP contribution in [0.15, 0.2) is 11.4 Å². The van der Waals surface area contributed by atoms with Gasteiger partial charge in [-0.05, 0) is 37.4 Å². The van der Waals surface area contributed by atoms with Crippen molar-refractivity contribution in [2.45, 2.75) is 38.7 Å². The van der Waals surface area contributed by atoms with Gasteiger partial charge in [0.05, 0.1) is 5.01 Å². The van der Waals surface area contributed by atoms with Gasteiger partial charge in [-0.15, -0.1) is 11.3 Å². The van der Waals surface area contributed by atoms with Gasteiger partial charge in [-0.25, -0.2) is 13.8 Å². The fourth-order valence-corrected chi connectivity index (χ4v) is 4.10. The summed E-state index contributed by atoms with van der Waals surface area (Å²) in [5.74, 6) is 0.0388. The van der Waals surface area contributed by atoms with E-state index in [9.17, 15) is 18.4 Å². The molecule has 0 spiro atoms. The van der Waals surface area contributed by atoms with E-state index < -0.39 is 11.7 Å². The smallest absolute Gasteiger partial charge is 0.282 e. The van der Waals surface area contributed by atoms with Gasteiger partial charge in [0, 0.05) is 30.1 Å². The number of carbonyl (C=O) groups excluding carboxylic acids is 2. The van der Waals surface area contributed by atoms with Crippen LogP contribution in [-0.2, 0) is 11.3 Å². The molecule has 1 fully saturated rings. The summed E-state index contributed by atoms with van der Waals surface area (Å²) in [5.41, 5.74) is 0.473. The molecule has 26 heavy (non-hydrogen) atoms. The van der Waals surface area contributed by atoms with Gasteiger partial charge in [0.15, 0.2) is 0 Å². The fourth-order valence-electron chi connectivity index (χ4n) is 2.97. The van der Waals surface area contributed by atoms with Crippen LogP contribution in [0.4, 0.5) is 8.78 Å². The van der Waals surface area contributed by atoms with Crippen LogP contribution in [0.5, 0.6) is 0 Å². The molecule has 1 amide bonds. The maximum atomic E-state index is 12.7. The molecule has 6 nitrogen and oxygen atoms in total. The second kappa shape index (κ2) is 7.79. The average molecular weight is 403 g/mol. The van der Waals surface area contributed by atoms with Crippen LogP contribution in [0.1, 0.15) is 52.1 Å². The zero-order chi connectivity index (χ0) is 18.8. The van der Waals surface area contributed by atoms with Crippen molar-refractivity contribution in [1.82, 2.24) is 19.7 Å². The summed E-state index contributed by atoms with van der Waals surface area (Å²) in [5, 5.41) is 5.72. The van der Waals surface area contributed by atoms with Crippen molar-refractivity contribution in [3.05, 3.63) is 33.5 Å². The maximum absolute atomic E-state index is 12.7. The fraction of sp³-hybridized carbons (Fsp3) is 0.500. The predicted molar refractivity (Wildman–Crippen MR) is 92.8 cm³/mol. The highest BCUT2D eigenvalue weighted by Gasteiger charge is 2.27. The van der Waals surface area contributed by atoms with Gasteiger partial charge >= 0.3 is 0 Å². The van der Waals surface area contributed by atoms with Crippen molar-refractivity contribution in [3.63, 3.8) is 0 Å².